The highest BCUT2D eigenvalue weighted by atomic mass is 19.1. The second-order valence-electron chi connectivity index (χ2n) is 15.1. The van der Waals surface area contributed by atoms with Crippen molar-refractivity contribution >= 4 is 29.6 Å². The van der Waals surface area contributed by atoms with Crippen molar-refractivity contribution in [1.29, 1.82) is 0 Å². The minimum Gasteiger partial charge on any atom is -0.480 e. The number of carboxylic acids is 1. The number of hydrogen-bond acceptors (Lipinski definition) is 8. The molecule has 1 saturated heterocycles. The Balaban J connectivity index is 2.26. The molecule has 4 amide bonds. The van der Waals surface area contributed by atoms with E-state index in [4.69, 9.17) is 9.47 Å². The van der Waals surface area contributed by atoms with E-state index in [9.17, 15) is 33.5 Å². The molecule has 1 aromatic carbocycles. The van der Waals surface area contributed by atoms with E-state index in [0.717, 1.165) is 0 Å². The molecule has 0 aromatic heterocycles. The summed E-state index contributed by atoms with van der Waals surface area (Å²) in [4.78, 5) is 70.2. The predicted octanol–water partition coefficient (Wildman–Crippen LogP) is 3.24. The van der Waals surface area contributed by atoms with E-state index < -0.39 is 66.0 Å². The van der Waals surface area contributed by atoms with Gasteiger partial charge in [0.15, 0.2) is 0 Å². The molecule has 1 aliphatic heterocycles. The van der Waals surface area contributed by atoms with Crippen LogP contribution in [0, 0.1) is 29.5 Å². The van der Waals surface area contributed by atoms with Gasteiger partial charge in [0.25, 0.3) is 0 Å². The standard InChI is InChI=1S/C39H64FN5O8/c1-12-24(6)34(44(9)38(49)33(23(4)5)43-37(48)32(41-8)22(2)3)30(52-10)21-31(46)45-19-13-14-29(45)35(53-11)25(7)36(47)42-28(39(50)51)20-26-15-17-27(40)18-16-26/h15-18,22-25,28-30,32-35,41H,12-14,19-21H2,1-11H3,(H,42,47)(H,43,48)(H,50,51)/t24-,25+,28?,29-,30+,32-,33-,34?,35?/m0/s1. The van der Waals surface area contributed by atoms with Crippen LogP contribution in [-0.4, -0.2) is 122 Å². The summed E-state index contributed by atoms with van der Waals surface area (Å²) >= 11 is 0. The van der Waals surface area contributed by atoms with Crippen molar-refractivity contribution in [2.75, 3.05) is 34.9 Å². The summed E-state index contributed by atoms with van der Waals surface area (Å²) in [7, 11) is 6.38. The van der Waals surface area contributed by atoms with E-state index in [-0.39, 0.29) is 48.3 Å². The lowest BCUT2D eigenvalue weighted by Gasteiger charge is -2.41. The second kappa shape index (κ2) is 21.3. The van der Waals surface area contributed by atoms with Crippen LogP contribution in [0.3, 0.4) is 0 Å². The predicted molar refractivity (Wildman–Crippen MR) is 200 cm³/mol. The molecule has 9 atom stereocenters. The average molecular weight is 750 g/mol. The van der Waals surface area contributed by atoms with Gasteiger partial charge < -0.3 is 40.3 Å². The summed E-state index contributed by atoms with van der Waals surface area (Å²) in [5.74, 6) is -4.05. The van der Waals surface area contributed by atoms with Gasteiger partial charge in [-0.2, -0.15) is 0 Å². The fourth-order valence-corrected chi connectivity index (χ4v) is 7.41. The van der Waals surface area contributed by atoms with E-state index in [1.807, 2.05) is 41.5 Å². The lowest BCUT2D eigenvalue weighted by molar-refractivity contribution is -0.148. The molecule has 300 valence electrons. The lowest BCUT2D eigenvalue weighted by atomic mass is 9.89. The van der Waals surface area contributed by atoms with Crippen molar-refractivity contribution in [3.63, 3.8) is 0 Å². The van der Waals surface area contributed by atoms with Crippen molar-refractivity contribution in [2.24, 2.45) is 23.7 Å². The topological polar surface area (TPSA) is 167 Å². The maximum Gasteiger partial charge on any atom is 0.326 e. The van der Waals surface area contributed by atoms with Gasteiger partial charge >= 0.3 is 5.97 Å². The Morgan fingerprint density at radius 3 is 2.04 bits per heavy atom. The molecule has 0 bridgehead atoms. The SMILES string of the molecule is CC[C@H](C)C([C@@H](CC(=O)N1CCC[C@H]1C(OC)[C@@H](C)C(=O)NC(Cc1ccc(F)cc1)C(=O)O)OC)N(C)C(=O)[C@@H](NC(=O)[C@@H](NC)C(C)C)C(C)C. The molecule has 0 spiro atoms. The first-order valence-electron chi connectivity index (χ1n) is 18.8. The average Bonchev–Trinajstić information content (AvgIpc) is 3.60. The molecular weight excluding hydrogens is 685 g/mol. The molecule has 2 rings (SSSR count). The van der Waals surface area contributed by atoms with Gasteiger partial charge in [-0.1, -0.05) is 67.0 Å². The van der Waals surface area contributed by atoms with Crippen LogP contribution in [-0.2, 0) is 39.9 Å². The molecule has 0 radical (unpaired) electrons. The summed E-state index contributed by atoms with van der Waals surface area (Å²) in [6.07, 6.45) is 0.463. The quantitative estimate of drug-likeness (QED) is 0.148. The molecule has 0 aliphatic carbocycles. The Bertz CT molecular complexity index is 1360. The Morgan fingerprint density at radius 1 is 0.943 bits per heavy atom. The van der Waals surface area contributed by atoms with Crippen LogP contribution in [0.15, 0.2) is 24.3 Å². The molecule has 1 fully saturated rings. The number of carbonyl (C=O) groups excluding carboxylic acids is 4. The Morgan fingerprint density at radius 2 is 1.55 bits per heavy atom. The van der Waals surface area contributed by atoms with Crippen LogP contribution in [0.2, 0.25) is 0 Å². The number of methoxy groups -OCH3 is 2. The molecule has 4 N–H and O–H groups in total. The number of aliphatic carboxylic acids is 1. The zero-order valence-corrected chi connectivity index (χ0v) is 33.5. The van der Waals surface area contributed by atoms with E-state index >= 15 is 0 Å². The molecule has 13 nitrogen and oxygen atoms in total. The zero-order valence-electron chi connectivity index (χ0n) is 33.5. The first-order valence-corrected chi connectivity index (χ1v) is 18.8. The third-order valence-electron chi connectivity index (χ3n) is 10.7. The van der Waals surface area contributed by atoms with E-state index in [0.29, 0.717) is 31.4 Å². The number of benzene rings is 1. The van der Waals surface area contributed by atoms with Gasteiger partial charge in [-0.15, -0.1) is 0 Å². The van der Waals surface area contributed by atoms with Gasteiger partial charge in [-0.25, -0.2) is 9.18 Å². The Kier molecular flexibility index (Phi) is 18.3. The third-order valence-corrected chi connectivity index (χ3v) is 10.7. The molecule has 53 heavy (non-hydrogen) atoms. The molecule has 0 saturated carbocycles. The lowest BCUT2D eigenvalue weighted by Crippen LogP contribution is -2.59. The van der Waals surface area contributed by atoms with E-state index in [2.05, 4.69) is 16.0 Å². The fraction of sp³-hybridized carbons (Fsp3) is 0.718. The van der Waals surface area contributed by atoms with Crippen molar-refractivity contribution < 1.29 is 42.9 Å². The number of hydrogen-bond donors (Lipinski definition) is 4. The summed E-state index contributed by atoms with van der Waals surface area (Å²) in [5.41, 5.74) is 0.552. The van der Waals surface area contributed by atoms with Crippen molar-refractivity contribution in [2.45, 2.75) is 123 Å². The molecule has 3 unspecified atom stereocenters. The van der Waals surface area contributed by atoms with E-state index in [1.54, 1.807) is 30.8 Å². The number of nitrogens with one attached hydrogen (secondary N) is 3. The Hall–Kier alpha value is -3.62. The molecule has 1 aromatic rings. The molecule has 14 heteroatoms. The maximum atomic E-state index is 14.1. The van der Waals surface area contributed by atoms with Crippen LogP contribution >= 0.6 is 0 Å². The van der Waals surface area contributed by atoms with Crippen molar-refractivity contribution in [1.82, 2.24) is 25.8 Å². The second-order valence-corrected chi connectivity index (χ2v) is 15.1. The van der Waals surface area contributed by atoms with Crippen LogP contribution in [0.25, 0.3) is 0 Å². The number of nitrogens with zero attached hydrogens (tertiary/aromatic N) is 2. The van der Waals surface area contributed by atoms with Gasteiger partial charge in [0.2, 0.25) is 23.6 Å². The van der Waals surface area contributed by atoms with Gasteiger partial charge in [-0.3, -0.25) is 19.2 Å². The number of amides is 4. The number of carbonyl (C=O) groups is 5. The van der Waals surface area contributed by atoms with Crippen LogP contribution in [0.1, 0.15) is 79.7 Å². The highest BCUT2D eigenvalue weighted by Crippen LogP contribution is 2.30. The highest BCUT2D eigenvalue weighted by molar-refractivity contribution is 5.90. The summed E-state index contributed by atoms with van der Waals surface area (Å²) in [5, 5.41) is 18.4. The van der Waals surface area contributed by atoms with Gasteiger partial charge in [0.1, 0.15) is 17.9 Å². The van der Waals surface area contributed by atoms with Gasteiger partial charge in [0, 0.05) is 34.2 Å². The maximum absolute atomic E-state index is 14.1. The summed E-state index contributed by atoms with van der Waals surface area (Å²) < 4.78 is 25.2. The van der Waals surface area contributed by atoms with E-state index in [1.165, 1.54) is 38.5 Å². The first kappa shape index (κ1) is 45.5. The minimum absolute atomic E-state index is 0.0105. The number of rotatable bonds is 21. The zero-order chi connectivity index (χ0) is 40.2. The van der Waals surface area contributed by atoms with Gasteiger partial charge in [-0.05, 0) is 55.3 Å². The number of halogens is 1. The molecule has 1 heterocycles. The summed E-state index contributed by atoms with van der Waals surface area (Å²) in [6.45, 7) is 13.7. The molecular formula is C39H64FN5O8. The minimum atomic E-state index is -1.25. The Labute approximate surface area is 315 Å². The normalized spacial score (nSPS) is 19.1. The van der Waals surface area contributed by atoms with Crippen LogP contribution in [0.5, 0.6) is 0 Å². The third kappa shape index (κ3) is 12.2. The number of likely N-dealkylation sites (tertiary alicyclic amines) is 1. The monoisotopic (exact) mass is 749 g/mol. The van der Waals surface area contributed by atoms with Crippen LogP contribution in [0.4, 0.5) is 4.39 Å². The fourth-order valence-electron chi connectivity index (χ4n) is 7.41. The number of likely N-dealkylation sites (N-methyl/N-ethyl adjacent to an activating group) is 2. The van der Waals surface area contributed by atoms with Gasteiger partial charge in [0.05, 0.1) is 42.7 Å². The smallest absolute Gasteiger partial charge is 0.326 e. The summed E-state index contributed by atoms with van der Waals surface area (Å²) in [6, 6.07) is 1.93. The largest absolute Gasteiger partial charge is 0.480 e. The van der Waals surface area contributed by atoms with Crippen molar-refractivity contribution in [3.05, 3.63) is 35.6 Å². The van der Waals surface area contributed by atoms with Crippen LogP contribution < -0.4 is 16.0 Å². The first-order chi connectivity index (χ1) is 24.9. The van der Waals surface area contributed by atoms with Crippen molar-refractivity contribution in [3.8, 4) is 0 Å². The molecule has 1 aliphatic rings. The highest BCUT2D eigenvalue weighted by Gasteiger charge is 2.43. The number of ether oxygens (including phenoxy) is 2. The number of carboxylic acid groups (broad SMARTS) is 1.